The van der Waals surface area contributed by atoms with Crippen molar-refractivity contribution < 1.29 is 15.8 Å². The number of nitro groups is 1. The standard InChI is InChI=1S/C16H15NO4/c1-20-16-11-13(9-10-17(18)19)7-8-15(16)21-12-14-5-3-2-4-6-14/h2-11H,12H2,1H3/b10-9+/i10T. The molecule has 2 rings (SSSR count). The van der Waals surface area contributed by atoms with Crippen LogP contribution in [0.2, 0.25) is 0 Å². The summed E-state index contributed by atoms with van der Waals surface area (Å²) >= 11 is 0. The highest BCUT2D eigenvalue weighted by atomic mass is 16.6. The molecule has 0 aliphatic rings. The van der Waals surface area contributed by atoms with E-state index in [0.717, 1.165) is 11.6 Å². The van der Waals surface area contributed by atoms with Gasteiger partial charge in [0.15, 0.2) is 11.5 Å². The topological polar surface area (TPSA) is 61.6 Å². The van der Waals surface area contributed by atoms with Crippen molar-refractivity contribution in [1.82, 2.24) is 0 Å². The molecule has 0 aliphatic heterocycles. The Bertz CT molecular complexity index is 686. The van der Waals surface area contributed by atoms with Gasteiger partial charge in [-0.25, -0.2) is 0 Å². The maximum atomic E-state index is 10.5. The van der Waals surface area contributed by atoms with Crippen LogP contribution in [0, 0.1) is 10.1 Å². The van der Waals surface area contributed by atoms with Crippen molar-refractivity contribution in [2.24, 2.45) is 0 Å². The van der Waals surface area contributed by atoms with Gasteiger partial charge in [-0.05, 0) is 23.3 Å². The zero-order valence-electron chi connectivity index (χ0n) is 12.5. The van der Waals surface area contributed by atoms with Gasteiger partial charge in [-0.2, -0.15) is 0 Å². The van der Waals surface area contributed by atoms with Gasteiger partial charge in [0.25, 0.3) is 0 Å². The molecule has 0 N–H and O–H groups in total. The molecule has 0 bridgehead atoms. The van der Waals surface area contributed by atoms with Crippen LogP contribution in [0.3, 0.4) is 0 Å². The molecule has 0 saturated heterocycles. The molecule has 2 aromatic carbocycles. The lowest BCUT2D eigenvalue weighted by Gasteiger charge is -2.11. The summed E-state index contributed by atoms with van der Waals surface area (Å²) in [6.45, 7) is 0.394. The van der Waals surface area contributed by atoms with Crippen LogP contribution in [0.1, 0.15) is 12.5 Å². The number of ether oxygens (including phenoxy) is 2. The maximum Gasteiger partial charge on any atom is 0.235 e. The first-order chi connectivity index (χ1) is 10.6. The predicted octanol–water partition coefficient (Wildman–Crippen LogP) is 3.52. The van der Waals surface area contributed by atoms with Crippen LogP contribution in [0.25, 0.3) is 6.08 Å². The molecule has 2 aromatic rings. The molecule has 0 heterocycles. The van der Waals surface area contributed by atoms with Gasteiger partial charge in [0.05, 0.1) is 12.0 Å². The smallest absolute Gasteiger partial charge is 0.235 e. The predicted molar refractivity (Wildman–Crippen MR) is 79.8 cm³/mol. The van der Waals surface area contributed by atoms with Crippen molar-refractivity contribution >= 4 is 6.08 Å². The van der Waals surface area contributed by atoms with E-state index in [1.54, 1.807) is 18.2 Å². The molecule has 0 atom stereocenters. The van der Waals surface area contributed by atoms with Gasteiger partial charge < -0.3 is 9.47 Å². The fourth-order valence-corrected chi connectivity index (χ4v) is 1.76. The second-order valence-corrected chi connectivity index (χ2v) is 4.22. The molecule has 5 nitrogen and oxygen atoms in total. The summed E-state index contributed by atoms with van der Waals surface area (Å²) in [5.74, 6) is 0.997. The lowest BCUT2D eigenvalue weighted by molar-refractivity contribution is -0.400. The third-order valence-corrected chi connectivity index (χ3v) is 2.76. The normalized spacial score (nSPS) is 11.7. The molecule has 0 saturated carbocycles. The fourth-order valence-electron chi connectivity index (χ4n) is 1.76. The second-order valence-electron chi connectivity index (χ2n) is 4.22. The van der Waals surface area contributed by atoms with Crippen molar-refractivity contribution in [3.63, 3.8) is 0 Å². The van der Waals surface area contributed by atoms with Crippen LogP contribution in [0.15, 0.2) is 54.7 Å². The highest BCUT2D eigenvalue weighted by Crippen LogP contribution is 2.29. The lowest BCUT2D eigenvalue weighted by atomic mass is 10.2. The highest BCUT2D eigenvalue weighted by Gasteiger charge is 2.05. The molecule has 0 spiro atoms. The Hall–Kier alpha value is -2.82. The Balaban J connectivity index is 2.16. The summed E-state index contributed by atoms with van der Waals surface area (Å²) in [6, 6.07) is 14.6. The molecular weight excluding hydrogens is 270 g/mol. The van der Waals surface area contributed by atoms with Crippen molar-refractivity contribution in [1.29, 1.82) is 0 Å². The zero-order valence-corrected chi connectivity index (χ0v) is 11.5. The number of benzene rings is 2. The van der Waals surface area contributed by atoms with Crippen molar-refractivity contribution in [2.45, 2.75) is 6.61 Å². The van der Waals surface area contributed by atoms with E-state index >= 15 is 0 Å². The molecule has 0 aliphatic carbocycles. The molecule has 0 fully saturated rings. The third-order valence-electron chi connectivity index (χ3n) is 2.76. The van der Waals surface area contributed by atoms with Gasteiger partial charge in [0.2, 0.25) is 6.18 Å². The first kappa shape index (κ1) is 13.2. The number of nitrogens with zero attached hydrogens (tertiary/aromatic N) is 1. The first-order valence-electron chi connectivity index (χ1n) is 6.77. The van der Waals surface area contributed by atoms with E-state index in [0.29, 0.717) is 23.7 Å². The van der Waals surface area contributed by atoms with Crippen LogP contribution >= 0.6 is 0 Å². The summed E-state index contributed by atoms with van der Waals surface area (Å²) in [7, 11) is 1.49. The average Bonchev–Trinajstić information content (AvgIpc) is 2.54. The van der Waals surface area contributed by atoms with E-state index in [9.17, 15) is 10.1 Å². The van der Waals surface area contributed by atoms with Gasteiger partial charge in [-0.1, -0.05) is 36.4 Å². The van der Waals surface area contributed by atoms with E-state index in [2.05, 4.69) is 0 Å². The minimum absolute atomic E-state index is 0.394. The van der Waals surface area contributed by atoms with Crippen LogP contribution in [0.5, 0.6) is 11.5 Å². The van der Waals surface area contributed by atoms with Crippen LogP contribution in [-0.2, 0) is 6.61 Å². The number of hydrogen-bond acceptors (Lipinski definition) is 4. The molecule has 5 heteroatoms. The molecule has 0 amide bonds. The van der Waals surface area contributed by atoms with E-state index in [1.807, 2.05) is 30.3 Å². The SMILES string of the molecule is [3H]/C(=C\c1ccc(OCc2ccccc2)c(OC)c1)[N+](=O)[O-]. The summed E-state index contributed by atoms with van der Waals surface area (Å²) in [4.78, 5) is 9.72. The van der Waals surface area contributed by atoms with Crippen molar-refractivity contribution in [3.05, 3.63) is 75.9 Å². The van der Waals surface area contributed by atoms with Gasteiger partial charge in [-0.15, -0.1) is 0 Å². The Morgan fingerprint density at radius 1 is 1.24 bits per heavy atom. The Kier molecular flexibility index (Phi) is 4.45. The minimum Gasteiger partial charge on any atom is -0.493 e. The molecule has 0 unspecified atom stereocenters. The molecule has 21 heavy (non-hydrogen) atoms. The third kappa shape index (κ3) is 4.35. The summed E-state index contributed by atoms with van der Waals surface area (Å²) < 4.78 is 18.2. The second kappa shape index (κ2) is 7.09. The lowest BCUT2D eigenvalue weighted by Crippen LogP contribution is -1.97. The van der Waals surface area contributed by atoms with Crippen molar-refractivity contribution in [3.8, 4) is 11.5 Å². The van der Waals surface area contributed by atoms with Crippen molar-refractivity contribution in [2.75, 3.05) is 7.11 Å². The van der Waals surface area contributed by atoms with Crippen LogP contribution in [0.4, 0.5) is 0 Å². The molecule has 108 valence electrons. The van der Waals surface area contributed by atoms with Gasteiger partial charge in [0.1, 0.15) is 7.98 Å². The van der Waals surface area contributed by atoms with Gasteiger partial charge >= 0.3 is 0 Å². The molecule has 0 radical (unpaired) electrons. The van der Waals surface area contributed by atoms with E-state index < -0.39 is 11.1 Å². The largest absolute Gasteiger partial charge is 0.493 e. The molecular formula is C16H15NO4. The van der Waals surface area contributed by atoms with Crippen LogP contribution in [-0.4, -0.2) is 12.0 Å². The number of rotatable bonds is 6. The Labute approximate surface area is 124 Å². The monoisotopic (exact) mass is 287 g/mol. The summed E-state index contributed by atoms with van der Waals surface area (Å²) in [6.07, 6.45) is 0.476. The van der Waals surface area contributed by atoms with E-state index in [4.69, 9.17) is 10.8 Å². The summed E-state index contributed by atoms with van der Waals surface area (Å²) in [5.41, 5.74) is 1.53. The molecule has 0 aromatic heterocycles. The number of methoxy groups -OCH3 is 1. The van der Waals surface area contributed by atoms with E-state index in [1.165, 1.54) is 7.11 Å². The minimum atomic E-state index is -0.758. The first-order valence-corrected chi connectivity index (χ1v) is 6.27. The van der Waals surface area contributed by atoms with Crippen LogP contribution < -0.4 is 9.47 Å². The maximum absolute atomic E-state index is 10.5. The average molecular weight is 287 g/mol. The van der Waals surface area contributed by atoms with Gasteiger partial charge in [-0.3, -0.25) is 10.1 Å². The fraction of sp³-hybridized carbons (Fsp3) is 0.125. The zero-order chi connectivity index (χ0) is 15.9. The quantitative estimate of drug-likeness (QED) is 0.602. The Morgan fingerprint density at radius 2 is 2.00 bits per heavy atom. The number of hydrogen-bond donors (Lipinski definition) is 0. The van der Waals surface area contributed by atoms with Gasteiger partial charge in [0, 0.05) is 6.08 Å². The Morgan fingerprint density at radius 3 is 2.67 bits per heavy atom. The van der Waals surface area contributed by atoms with E-state index in [-0.39, 0.29) is 0 Å². The highest BCUT2D eigenvalue weighted by molar-refractivity contribution is 5.55. The summed E-state index contributed by atoms with van der Waals surface area (Å²) in [5, 5.41) is 10.5.